The van der Waals surface area contributed by atoms with Crippen molar-refractivity contribution in [1.82, 2.24) is 0 Å². The lowest BCUT2D eigenvalue weighted by molar-refractivity contribution is 0.0961. The van der Waals surface area contributed by atoms with Crippen LogP contribution < -0.4 is 15.6 Å². The summed E-state index contributed by atoms with van der Waals surface area (Å²) in [5, 5.41) is 4.88. The molecule has 0 radical (unpaired) electrons. The molecule has 94 valence electrons. The highest BCUT2D eigenvalue weighted by atomic mass is 32.2. The number of halogens is 1. The van der Waals surface area contributed by atoms with E-state index in [9.17, 15) is 12.8 Å². The van der Waals surface area contributed by atoms with Crippen molar-refractivity contribution >= 4 is 10.0 Å². The molecule has 0 amide bonds. The number of hydrogen-bond acceptors (Lipinski definition) is 4. The molecule has 2 rings (SSSR count). The first-order chi connectivity index (χ1) is 7.86. The summed E-state index contributed by atoms with van der Waals surface area (Å²) >= 11 is 0. The van der Waals surface area contributed by atoms with Crippen LogP contribution in [0.2, 0.25) is 0 Å². The fourth-order valence-corrected chi connectivity index (χ4v) is 2.16. The van der Waals surface area contributed by atoms with E-state index in [-0.39, 0.29) is 22.8 Å². The number of sulfonamides is 1. The van der Waals surface area contributed by atoms with Gasteiger partial charge in [0.25, 0.3) is 0 Å². The molecule has 0 spiro atoms. The molecule has 1 saturated carbocycles. The van der Waals surface area contributed by atoms with Gasteiger partial charge in [-0.25, -0.2) is 17.9 Å². The summed E-state index contributed by atoms with van der Waals surface area (Å²) in [7, 11) is -3.89. The van der Waals surface area contributed by atoms with E-state index in [1.165, 1.54) is 12.1 Å². The van der Waals surface area contributed by atoms with Crippen molar-refractivity contribution in [2.45, 2.75) is 29.9 Å². The van der Waals surface area contributed by atoms with Gasteiger partial charge in [-0.2, -0.15) is 0 Å². The number of ether oxygens (including phenoxy) is 1. The van der Waals surface area contributed by atoms with Crippen molar-refractivity contribution in [3.05, 3.63) is 24.0 Å². The standard InChI is InChI=1S/C10H13FN2O3S/c11-9-5-8(17(13,14)15)1-2-10(9)16-7-3-6(12)4-7/h1-2,5-7H,3-4,12H2,(H2,13,14,15). The molecule has 0 saturated heterocycles. The van der Waals surface area contributed by atoms with Gasteiger partial charge in [0.15, 0.2) is 11.6 Å². The third-order valence-corrected chi connectivity index (χ3v) is 3.57. The SMILES string of the molecule is NC1CC(Oc2ccc(S(N)(=O)=O)cc2F)C1. The molecule has 0 atom stereocenters. The van der Waals surface area contributed by atoms with E-state index in [1.807, 2.05) is 0 Å². The Bertz CT molecular complexity index is 526. The maximum absolute atomic E-state index is 13.5. The Kier molecular flexibility index (Phi) is 3.07. The summed E-state index contributed by atoms with van der Waals surface area (Å²) in [4.78, 5) is -0.271. The van der Waals surface area contributed by atoms with Gasteiger partial charge in [0, 0.05) is 6.04 Å². The average molecular weight is 260 g/mol. The molecule has 7 heteroatoms. The number of rotatable bonds is 3. The van der Waals surface area contributed by atoms with Crippen molar-refractivity contribution in [2.75, 3.05) is 0 Å². The molecule has 0 heterocycles. The number of primary sulfonamides is 1. The van der Waals surface area contributed by atoms with Crippen LogP contribution in [0.15, 0.2) is 23.1 Å². The van der Waals surface area contributed by atoms with E-state index in [1.54, 1.807) is 0 Å². The molecular weight excluding hydrogens is 247 g/mol. The minimum Gasteiger partial charge on any atom is -0.487 e. The Morgan fingerprint density at radius 2 is 2.00 bits per heavy atom. The molecule has 0 bridgehead atoms. The van der Waals surface area contributed by atoms with Crippen LogP contribution in [0.5, 0.6) is 5.75 Å². The summed E-state index contributed by atoms with van der Waals surface area (Å²) in [5.74, 6) is -0.716. The zero-order valence-corrected chi connectivity index (χ0v) is 9.78. The van der Waals surface area contributed by atoms with Crippen LogP contribution in [0, 0.1) is 5.82 Å². The molecule has 1 aliphatic rings. The van der Waals surface area contributed by atoms with Gasteiger partial charge in [-0.3, -0.25) is 0 Å². The Morgan fingerprint density at radius 1 is 1.35 bits per heavy atom. The Balaban J connectivity index is 2.15. The molecule has 0 aromatic heterocycles. The first kappa shape index (κ1) is 12.3. The highest BCUT2D eigenvalue weighted by Crippen LogP contribution is 2.27. The van der Waals surface area contributed by atoms with Crippen LogP contribution in [0.25, 0.3) is 0 Å². The molecule has 0 aliphatic heterocycles. The van der Waals surface area contributed by atoms with Gasteiger partial charge in [0.2, 0.25) is 10.0 Å². The monoisotopic (exact) mass is 260 g/mol. The highest BCUT2D eigenvalue weighted by molar-refractivity contribution is 7.89. The minimum absolute atomic E-state index is 0.0225. The van der Waals surface area contributed by atoms with Crippen LogP contribution in [0.4, 0.5) is 4.39 Å². The smallest absolute Gasteiger partial charge is 0.238 e. The quantitative estimate of drug-likeness (QED) is 0.819. The number of hydrogen-bond donors (Lipinski definition) is 2. The second-order valence-corrected chi connectivity index (χ2v) is 5.67. The first-order valence-corrected chi connectivity index (χ1v) is 6.65. The lowest BCUT2D eigenvalue weighted by atomic mass is 9.90. The summed E-state index contributed by atoms with van der Waals surface area (Å²) < 4.78 is 40.8. The predicted molar refractivity (Wildman–Crippen MR) is 59.4 cm³/mol. The van der Waals surface area contributed by atoms with E-state index in [0.29, 0.717) is 12.8 Å². The van der Waals surface area contributed by atoms with Gasteiger partial charge in [-0.1, -0.05) is 0 Å². The fraction of sp³-hybridized carbons (Fsp3) is 0.400. The molecule has 5 nitrogen and oxygen atoms in total. The Labute approximate surface area is 98.6 Å². The summed E-state index contributed by atoms with van der Waals surface area (Å²) in [6.07, 6.45) is 1.26. The molecular formula is C10H13FN2O3S. The van der Waals surface area contributed by atoms with Crippen LogP contribution in [0.1, 0.15) is 12.8 Å². The lowest BCUT2D eigenvalue weighted by Gasteiger charge is -2.32. The van der Waals surface area contributed by atoms with Crippen molar-refractivity contribution in [1.29, 1.82) is 0 Å². The molecule has 1 aromatic rings. The predicted octanol–water partition coefficient (Wildman–Crippen LogP) is 0.342. The van der Waals surface area contributed by atoms with Gasteiger partial charge in [-0.05, 0) is 31.0 Å². The lowest BCUT2D eigenvalue weighted by Crippen LogP contribution is -2.43. The van der Waals surface area contributed by atoms with Crippen molar-refractivity contribution in [3.63, 3.8) is 0 Å². The van der Waals surface area contributed by atoms with E-state index in [4.69, 9.17) is 15.6 Å². The normalized spacial score (nSPS) is 24.2. The van der Waals surface area contributed by atoms with Gasteiger partial charge < -0.3 is 10.5 Å². The average Bonchev–Trinajstić information content (AvgIpc) is 2.16. The van der Waals surface area contributed by atoms with Crippen molar-refractivity contribution < 1.29 is 17.5 Å². The summed E-state index contributed by atoms with van der Waals surface area (Å²) in [6, 6.07) is 3.43. The molecule has 1 fully saturated rings. The molecule has 0 unspecified atom stereocenters. The molecule has 1 aliphatic carbocycles. The van der Waals surface area contributed by atoms with E-state index < -0.39 is 15.8 Å². The largest absolute Gasteiger partial charge is 0.487 e. The Morgan fingerprint density at radius 3 is 2.47 bits per heavy atom. The first-order valence-electron chi connectivity index (χ1n) is 5.11. The van der Waals surface area contributed by atoms with Gasteiger partial charge >= 0.3 is 0 Å². The highest BCUT2D eigenvalue weighted by Gasteiger charge is 2.28. The number of benzene rings is 1. The van der Waals surface area contributed by atoms with E-state index in [0.717, 1.165) is 6.07 Å². The summed E-state index contributed by atoms with van der Waals surface area (Å²) in [5.41, 5.74) is 5.57. The Hall–Kier alpha value is -1.18. The third-order valence-electron chi connectivity index (χ3n) is 2.66. The zero-order valence-electron chi connectivity index (χ0n) is 8.97. The second kappa shape index (κ2) is 4.25. The van der Waals surface area contributed by atoms with Gasteiger partial charge in [0.1, 0.15) is 6.10 Å². The van der Waals surface area contributed by atoms with Crippen LogP contribution in [-0.2, 0) is 10.0 Å². The topological polar surface area (TPSA) is 95.4 Å². The second-order valence-electron chi connectivity index (χ2n) is 4.11. The van der Waals surface area contributed by atoms with Gasteiger partial charge in [-0.15, -0.1) is 0 Å². The van der Waals surface area contributed by atoms with Gasteiger partial charge in [0.05, 0.1) is 4.90 Å². The van der Waals surface area contributed by atoms with Crippen LogP contribution >= 0.6 is 0 Å². The van der Waals surface area contributed by atoms with E-state index in [2.05, 4.69) is 0 Å². The zero-order chi connectivity index (χ0) is 12.6. The fourth-order valence-electron chi connectivity index (χ4n) is 1.64. The van der Waals surface area contributed by atoms with E-state index >= 15 is 0 Å². The number of nitrogens with two attached hydrogens (primary N) is 2. The minimum atomic E-state index is -3.89. The molecule has 4 N–H and O–H groups in total. The van der Waals surface area contributed by atoms with Crippen molar-refractivity contribution in [2.24, 2.45) is 10.9 Å². The maximum atomic E-state index is 13.5. The molecule has 1 aromatic carbocycles. The van der Waals surface area contributed by atoms with Crippen LogP contribution in [-0.4, -0.2) is 20.6 Å². The summed E-state index contributed by atoms with van der Waals surface area (Å²) in [6.45, 7) is 0. The van der Waals surface area contributed by atoms with Crippen LogP contribution in [0.3, 0.4) is 0 Å². The third kappa shape index (κ3) is 2.74. The molecule has 17 heavy (non-hydrogen) atoms. The van der Waals surface area contributed by atoms with Crippen molar-refractivity contribution in [3.8, 4) is 5.75 Å². The maximum Gasteiger partial charge on any atom is 0.238 e.